The lowest BCUT2D eigenvalue weighted by Crippen LogP contribution is -2.23. The van der Waals surface area contributed by atoms with Crippen LogP contribution in [0.2, 0.25) is 0 Å². The van der Waals surface area contributed by atoms with Gasteiger partial charge in [-0.1, -0.05) is 12.8 Å². The van der Waals surface area contributed by atoms with Gasteiger partial charge in [0.2, 0.25) is 5.95 Å². The van der Waals surface area contributed by atoms with Crippen molar-refractivity contribution in [2.24, 2.45) is 0 Å². The Morgan fingerprint density at radius 2 is 2.07 bits per heavy atom. The van der Waals surface area contributed by atoms with Gasteiger partial charge in [-0.15, -0.1) is 0 Å². The van der Waals surface area contributed by atoms with Gasteiger partial charge in [0.1, 0.15) is 11.6 Å². The van der Waals surface area contributed by atoms with E-state index < -0.39 is 0 Å². The molecule has 4 rings (SSSR count). The van der Waals surface area contributed by atoms with Crippen LogP contribution in [0.15, 0.2) is 40.2 Å². The number of H-pyrrole nitrogens is 1. The van der Waals surface area contributed by atoms with Crippen LogP contribution in [0.1, 0.15) is 32.6 Å². The molecule has 0 saturated heterocycles. The number of anilines is 3. The summed E-state index contributed by atoms with van der Waals surface area (Å²) in [5.41, 5.74) is -0.302. The molecule has 0 aromatic carbocycles. The van der Waals surface area contributed by atoms with Gasteiger partial charge >= 0.3 is 0 Å². The highest BCUT2D eigenvalue weighted by Gasteiger charge is 2.19. The number of nitrogens with one attached hydrogen (secondary N) is 3. The molecule has 0 amide bonds. The second kappa shape index (κ2) is 7.22. The van der Waals surface area contributed by atoms with Crippen LogP contribution >= 0.6 is 0 Å². The molecule has 3 heterocycles. The number of aromatic nitrogens is 4. The third-order valence-corrected chi connectivity index (χ3v) is 4.91. The van der Waals surface area contributed by atoms with Crippen molar-refractivity contribution in [3.8, 4) is 0 Å². The van der Waals surface area contributed by atoms with E-state index >= 15 is 0 Å². The molecule has 0 spiro atoms. The van der Waals surface area contributed by atoms with Crippen molar-refractivity contribution in [1.29, 1.82) is 0 Å². The van der Waals surface area contributed by atoms with Gasteiger partial charge in [0.15, 0.2) is 0 Å². The molecule has 27 heavy (non-hydrogen) atoms. The Morgan fingerprint density at radius 3 is 2.81 bits per heavy atom. The molecule has 3 aromatic heterocycles. The summed E-state index contributed by atoms with van der Waals surface area (Å²) < 4.78 is 1.67. The van der Waals surface area contributed by atoms with E-state index in [4.69, 9.17) is 0 Å². The van der Waals surface area contributed by atoms with E-state index in [9.17, 15) is 9.59 Å². The summed E-state index contributed by atoms with van der Waals surface area (Å²) >= 11 is 0. The van der Waals surface area contributed by atoms with Crippen molar-refractivity contribution in [2.75, 3.05) is 10.6 Å². The molecule has 0 radical (unpaired) electrons. The molecule has 8 nitrogen and oxygen atoms in total. The average molecular weight is 366 g/mol. The van der Waals surface area contributed by atoms with Gasteiger partial charge in [0.05, 0.1) is 5.39 Å². The first-order valence-electron chi connectivity index (χ1n) is 9.27. The molecule has 3 aromatic rings. The lowest BCUT2D eigenvalue weighted by Gasteiger charge is -2.17. The highest BCUT2D eigenvalue weighted by molar-refractivity contribution is 5.93. The summed E-state index contributed by atoms with van der Waals surface area (Å²) in [6, 6.07) is 5.37. The van der Waals surface area contributed by atoms with Crippen molar-refractivity contribution < 1.29 is 0 Å². The third-order valence-electron chi connectivity index (χ3n) is 4.91. The lowest BCUT2D eigenvalue weighted by atomic mass is 10.1. The van der Waals surface area contributed by atoms with Crippen molar-refractivity contribution in [3.63, 3.8) is 0 Å². The minimum atomic E-state index is -0.247. The molecular weight excluding hydrogens is 344 g/mol. The smallest absolute Gasteiger partial charge is 0.262 e. The maximum atomic E-state index is 12.9. The van der Waals surface area contributed by atoms with E-state index in [2.05, 4.69) is 25.6 Å². The Balaban J connectivity index is 1.81. The quantitative estimate of drug-likeness (QED) is 0.641. The summed E-state index contributed by atoms with van der Waals surface area (Å²) in [5, 5.41) is 7.86. The first kappa shape index (κ1) is 17.3. The average Bonchev–Trinajstić information content (AvgIpc) is 3.15. The van der Waals surface area contributed by atoms with Crippen LogP contribution in [0, 0.1) is 0 Å². The van der Waals surface area contributed by atoms with Gasteiger partial charge in [-0.05, 0) is 37.3 Å². The van der Waals surface area contributed by atoms with E-state index in [0.29, 0.717) is 35.6 Å². The van der Waals surface area contributed by atoms with Crippen LogP contribution in [0.3, 0.4) is 0 Å². The number of fused-ring (bicyclic) bond motifs is 1. The lowest BCUT2D eigenvalue weighted by molar-refractivity contribution is 0.732. The predicted octanol–water partition coefficient (Wildman–Crippen LogP) is 2.60. The highest BCUT2D eigenvalue weighted by atomic mass is 16.1. The van der Waals surface area contributed by atoms with Crippen LogP contribution in [0.5, 0.6) is 0 Å². The number of rotatable bonds is 5. The predicted molar refractivity (Wildman–Crippen MR) is 106 cm³/mol. The number of hydrogen-bond donors (Lipinski definition) is 3. The monoisotopic (exact) mass is 366 g/mol. The standard InChI is InChI=1S/C19H22N6O2/c1-2-25-10-8-12-11-14(23-19-20-9-7-15(26)24-19)22-17(16(12)18(25)27)21-13-5-3-4-6-13/h7-11,13H,2-6H2,1H3,(H3,20,21,22,23,24,26). The van der Waals surface area contributed by atoms with Gasteiger partial charge in [0.25, 0.3) is 11.1 Å². The van der Waals surface area contributed by atoms with Gasteiger partial charge in [0, 0.05) is 31.0 Å². The van der Waals surface area contributed by atoms with Crippen molar-refractivity contribution in [2.45, 2.75) is 45.2 Å². The molecule has 140 valence electrons. The molecule has 0 unspecified atom stereocenters. The van der Waals surface area contributed by atoms with E-state index in [1.807, 2.05) is 13.0 Å². The normalized spacial score (nSPS) is 14.6. The van der Waals surface area contributed by atoms with Gasteiger partial charge in [-0.3, -0.25) is 14.6 Å². The minimum absolute atomic E-state index is 0.0548. The Morgan fingerprint density at radius 1 is 1.26 bits per heavy atom. The Kier molecular flexibility index (Phi) is 4.62. The molecule has 1 aliphatic carbocycles. The first-order valence-corrected chi connectivity index (χ1v) is 9.27. The van der Waals surface area contributed by atoms with E-state index in [0.717, 1.165) is 18.2 Å². The summed E-state index contributed by atoms with van der Waals surface area (Å²) in [6.07, 6.45) is 7.73. The molecule has 1 fully saturated rings. The summed E-state index contributed by atoms with van der Waals surface area (Å²) in [7, 11) is 0. The zero-order valence-corrected chi connectivity index (χ0v) is 15.2. The van der Waals surface area contributed by atoms with Crippen LogP contribution < -0.4 is 21.8 Å². The van der Waals surface area contributed by atoms with Gasteiger partial charge in [-0.25, -0.2) is 9.97 Å². The highest BCUT2D eigenvalue weighted by Crippen LogP contribution is 2.27. The zero-order chi connectivity index (χ0) is 18.8. The largest absolute Gasteiger partial charge is 0.367 e. The van der Waals surface area contributed by atoms with E-state index in [1.165, 1.54) is 25.1 Å². The molecular formula is C19H22N6O2. The first-order chi connectivity index (χ1) is 13.1. The fraction of sp³-hybridized carbons (Fsp3) is 0.368. The molecule has 1 aliphatic rings. The van der Waals surface area contributed by atoms with Crippen LogP contribution in [0.25, 0.3) is 10.8 Å². The number of aryl methyl sites for hydroxylation is 1. The molecule has 0 atom stereocenters. The number of hydrogen-bond acceptors (Lipinski definition) is 6. The Bertz CT molecular complexity index is 1080. The molecule has 1 saturated carbocycles. The SMILES string of the molecule is CCn1ccc2cc(Nc3nccc(=O)[nH]3)nc(NC3CCCC3)c2c1=O. The molecule has 0 bridgehead atoms. The van der Waals surface area contributed by atoms with Gasteiger partial charge < -0.3 is 15.2 Å². The summed E-state index contributed by atoms with van der Waals surface area (Å²) in [5.74, 6) is 1.40. The van der Waals surface area contributed by atoms with Crippen molar-refractivity contribution >= 4 is 28.4 Å². The molecule has 3 N–H and O–H groups in total. The number of pyridine rings is 2. The van der Waals surface area contributed by atoms with Crippen molar-refractivity contribution in [3.05, 3.63) is 51.3 Å². The van der Waals surface area contributed by atoms with Gasteiger partial charge in [-0.2, -0.15) is 0 Å². The van der Waals surface area contributed by atoms with Crippen LogP contribution in [-0.4, -0.2) is 25.6 Å². The maximum absolute atomic E-state index is 12.9. The Hall–Kier alpha value is -3.16. The number of nitrogens with zero attached hydrogens (tertiary/aromatic N) is 3. The zero-order valence-electron chi connectivity index (χ0n) is 15.2. The second-order valence-corrected chi connectivity index (χ2v) is 6.76. The molecule has 0 aliphatic heterocycles. The second-order valence-electron chi connectivity index (χ2n) is 6.76. The van der Waals surface area contributed by atoms with Crippen LogP contribution in [-0.2, 0) is 6.54 Å². The maximum Gasteiger partial charge on any atom is 0.262 e. The fourth-order valence-corrected chi connectivity index (χ4v) is 3.54. The van der Waals surface area contributed by atoms with Crippen LogP contribution in [0.4, 0.5) is 17.6 Å². The summed E-state index contributed by atoms with van der Waals surface area (Å²) in [6.45, 7) is 2.55. The minimum Gasteiger partial charge on any atom is -0.367 e. The van der Waals surface area contributed by atoms with Crippen molar-refractivity contribution in [1.82, 2.24) is 19.5 Å². The Labute approximate surface area is 155 Å². The number of aromatic amines is 1. The topological polar surface area (TPSA) is 105 Å². The van der Waals surface area contributed by atoms with E-state index in [-0.39, 0.29) is 11.1 Å². The summed E-state index contributed by atoms with van der Waals surface area (Å²) in [4.78, 5) is 35.7. The fourth-order valence-electron chi connectivity index (χ4n) is 3.54. The van der Waals surface area contributed by atoms with E-state index in [1.54, 1.807) is 16.8 Å². The molecule has 8 heteroatoms. The third kappa shape index (κ3) is 3.55.